The van der Waals surface area contributed by atoms with Crippen LogP contribution in [0.3, 0.4) is 0 Å². The maximum atomic E-state index is 2.60. The number of benzene rings is 2. The molecule has 3 aliphatic rings. The lowest BCUT2D eigenvalue weighted by Crippen LogP contribution is -2.55. The van der Waals surface area contributed by atoms with Crippen molar-refractivity contribution in [1.82, 2.24) is 0 Å². The fraction of sp³-hybridized carbons (Fsp3) is 0.538. The summed E-state index contributed by atoms with van der Waals surface area (Å²) in [5, 5.41) is 2.97. The predicted octanol–water partition coefficient (Wildman–Crippen LogP) is 7.06. The van der Waals surface area contributed by atoms with E-state index in [0.717, 1.165) is 17.8 Å². The van der Waals surface area contributed by atoms with Crippen LogP contribution in [-0.2, 0) is 5.41 Å². The highest BCUT2D eigenvalue weighted by molar-refractivity contribution is 5.95. The molecule has 5 rings (SSSR count). The highest BCUT2D eigenvalue weighted by Crippen LogP contribution is 2.60. The van der Waals surface area contributed by atoms with Crippen LogP contribution in [-0.4, -0.2) is 0 Å². The molecule has 2 aromatic rings. The third kappa shape index (κ3) is 2.02. The normalized spacial score (nSPS) is 36.1. The highest BCUT2D eigenvalue weighted by atomic mass is 14.6. The van der Waals surface area contributed by atoms with Gasteiger partial charge in [-0.2, -0.15) is 0 Å². The zero-order valence-corrected chi connectivity index (χ0v) is 17.8. The lowest BCUT2D eigenvalue weighted by Gasteiger charge is -2.59. The number of rotatable bonds is 1. The monoisotopic (exact) mass is 346 g/mol. The first kappa shape index (κ1) is 17.8. The molecule has 0 N–H and O–H groups in total. The molecule has 0 spiro atoms. The van der Waals surface area contributed by atoms with Gasteiger partial charge in [0.05, 0.1) is 0 Å². The Labute approximate surface area is 159 Å². The van der Waals surface area contributed by atoms with E-state index in [0.29, 0.717) is 11.8 Å². The summed E-state index contributed by atoms with van der Waals surface area (Å²) >= 11 is 0. The van der Waals surface area contributed by atoms with E-state index < -0.39 is 0 Å². The molecule has 0 aromatic heterocycles. The molecule has 1 saturated carbocycles. The summed E-state index contributed by atoms with van der Waals surface area (Å²) in [7, 11) is 0. The van der Waals surface area contributed by atoms with Crippen molar-refractivity contribution >= 4 is 10.8 Å². The van der Waals surface area contributed by atoms with Crippen LogP contribution in [0.5, 0.6) is 0 Å². The highest BCUT2D eigenvalue weighted by Gasteiger charge is 2.55. The SMILES string of the molecule is Cc1ccc(C)c2c(C)c(C34C=CC(C(C)C3C)C(C)C4C)cc(C)c12. The van der Waals surface area contributed by atoms with Crippen LogP contribution in [0.4, 0.5) is 0 Å². The van der Waals surface area contributed by atoms with Crippen molar-refractivity contribution in [1.29, 1.82) is 0 Å². The van der Waals surface area contributed by atoms with E-state index in [1.807, 2.05) is 0 Å². The zero-order chi connectivity index (χ0) is 19.0. The number of fused-ring (bicyclic) bond motifs is 3. The molecule has 4 atom stereocenters. The van der Waals surface area contributed by atoms with Crippen molar-refractivity contribution in [3.63, 3.8) is 0 Å². The summed E-state index contributed by atoms with van der Waals surface area (Å²) < 4.78 is 0. The van der Waals surface area contributed by atoms with Crippen LogP contribution in [0, 0.1) is 57.3 Å². The Bertz CT molecular complexity index is 898. The Kier molecular flexibility index (Phi) is 3.92. The van der Waals surface area contributed by atoms with E-state index in [1.54, 1.807) is 5.56 Å². The summed E-state index contributed by atoms with van der Waals surface area (Å²) in [5.41, 5.74) is 7.53. The lowest BCUT2D eigenvalue weighted by atomic mass is 9.45. The Hall–Kier alpha value is -1.56. The smallest absolute Gasteiger partial charge is 0.0192 e. The molecule has 4 unspecified atom stereocenters. The minimum Gasteiger partial charge on any atom is -0.0840 e. The van der Waals surface area contributed by atoms with E-state index in [4.69, 9.17) is 0 Å². The Morgan fingerprint density at radius 3 is 1.85 bits per heavy atom. The maximum Gasteiger partial charge on any atom is 0.0192 e. The molecule has 0 heteroatoms. The zero-order valence-electron chi connectivity index (χ0n) is 17.8. The van der Waals surface area contributed by atoms with Gasteiger partial charge in [0.1, 0.15) is 0 Å². The Balaban J connectivity index is 2.09. The van der Waals surface area contributed by atoms with Crippen LogP contribution in [0.1, 0.15) is 55.5 Å². The fourth-order valence-corrected chi connectivity index (χ4v) is 6.72. The maximum absolute atomic E-state index is 2.60. The minimum atomic E-state index is 0.173. The van der Waals surface area contributed by atoms with E-state index in [9.17, 15) is 0 Å². The van der Waals surface area contributed by atoms with Crippen molar-refractivity contribution in [2.24, 2.45) is 29.6 Å². The summed E-state index contributed by atoms with van der Waals surface area (Å²) in [4.78, 5) is 0. The van der Waals surface area contributed by atoms with Gasteiger partial charge in [0, 0.05) is 5.41 Å². The van der Waals surface area contributed by atoms with Crippen LogP contribution >= 0.6 is 0 Å². The largest absolute Gasteiger partial charge is 0.0840 e. The molecular formula is C26H34. The minimum absolute atomic E-state index is 0.173. The molecule has 0 amide bonds. The second-order valence-corrected chi connectivity index (χ2v) is 9.48. The average Bonchev–Trinajstić information content (AvgIpc) is 2.60. The van der Waals surface area contributed by atoms with Crippen molar-refractivity contribution in [2.75, 3.05) is 0 Å². The third-order valence-electron chi connectivity index (χ3n) is 8.52. The van der Waals surface area contributed by atoms with Crippen LogP contribution in [0.2, 0.25) is 0 Å². The van der Waals surface area contributed by atoms with Gasteiger partial charge in [0.2, 0.25) is 0 Å². The molecule has 26 heavy (non-hydrogen) atoms. The summed E-state index contributed by atoms with van der Waals surface area (Å²) in [6.07, 6.45) is 5.16. The first-order chi connectivity index (χ1) is 12.2. The van der Waals surface area contributed by atoms with E-state index in [-0.39, 0.29) is 5.41 Å². The van der Waals surface area contributed by atoms with Gasteiger partial charge in [-0.3, -0.25) is 0 Å². The van der Waals surface area contributed by atoms with Gasteiger partial charge in [0.15, 0.2) is 0 Å². The molecule has 138 valence electrons. The molecule has 0 radical (unpaired) electrons. The van der Waals surface area contributed by atoms with Gasteiger partial charge in [-0.15, -0.1) is 0 Å². The fourth-order valence-electron chi connectivity index (χ4n) is 6.72. The second-order valence-electron chi connectivity index (χ2n) is 9.48. The van der Waals surface area contributed by atoms with Crippen molar-refractivity contribution in [2.45, 2.75) is 60.8 Å². The standard InChI is InChI=1S/C26H34/c1-14-9-10-15(2)25-19(6)23(13-16(3)24(14)25)26-12-11-22(17(4)20(26)7)18(5)21(26)8/h9-13,17-18,20-22H,1-8H3. The lowest BCUT2D eigenvalue weighted by molar-refractivity contribution is 0.0145. The first-order valence-electron chi connectivity index (χ1n) is 10.4. The Morgan fingerprint density at radius 1 is 0.731 bits per heavy atom. The van der Waals surface area contributed by atoms with Gasteiger partial charge < -0.3 is 0 Å². The predicted molar refractivity (Wildman–Crippen MR) is 114 cm³/mol. The molecule has 2 aromatic carbocycles. The summed E-state index contributed by atoms with van der Waals surface area (Å²) in [6.45, 7) is 19.2. The molecule has 2 bridgehead atoms. The molecular weight excluding hydrogens is 312 g/mol. The topological polar surface area (TPSA) is 0 Å². The van der Waals surface area contributed by atoms with Crippen LogP contribution < -0.4 is 0 Å². The van der Waals surface area contributed by atoms with Gasteiger partial charge in [-0.05, 0) is 95.9 Å². The molecule has 0 aliphatic heterocycles. The van der Waals surface area contributed by atoms with Crippen LogP contribution in [0.25, 0.3) is 10.8 Å². The number of hydrogen-bond donors (Lipinski definition) is 0. The first-order valence-corrected chi connectivity index (χ1v) is 10.4. The van der Waals surface area contributed by atoms with Gasteiger partial charge >= 0.3 is 0 Å². The van der Waals surface area contributed by atoms with Gasteiger partial charge in [-0.25, -0.2) is 0 Å². The van der Waals surface area contributed by atoms with Crippen LogP contribution in [0.15, 0.2) is 30.4 Å². The van der Waals surface area contributed by atoms with Gasteiger partial charge in [0.25, 0.3) is 0 Å². The number of allylic oxidation sites excluding steroid dienone is 2. The van der Waals surface area contributed by atoms with Crippen molar-refractivity contribution in [3.05, 3.63) is 58.2 Å². The van der Waals surface area contributed by atoms with E-state index in [1.165, 1.54) is 33.0 Å². The average molecular weight is 347 g/mol. The summed E-state index contributed by atoms with van der Waals surface area (Å²) in [5.74, 6) is 3.61. The summed E-state index contributed by atoms with van der Waals surface area (Å²) in [6, 6.07) is 7.12. The number of aryl methyl sites for hydroxylation is 4. The van der Waals surface area contributed by atoms with E-state index in [2.05, 4.69) is 85.7 Å². The molecule has 0 heterocycles. The van der Waals surface area contributed by atoms with Crippen molar-refractivity contribution in [3.8, 4) is 0 Å². The molecule has 0 saturated heterocycles. The Morgan fingerprint density at radius 2 is 1.27 bits per heavy atom. The quantitative estimate of drug-likeness (QED) is 0.485. The number of hydrogen-bond acceptors (Lipinski definition) is 0. The van der Waals surface area contributed by atoms with E-state index >= 15 is 0 Å². The third-order valence-corrected chi connectivity index (χ3v) is 8.52. The molecule has 3 aliphatic carbocycles. The molecule has 1 fully saturated rings. The van der Waals surface area contributed by atoms with Crippen molar-refractivity contribution < 1.29 is 0 Å². The second kappa shape index (κ2) is 5.72. The molecule has 0 nitrogen and oxygen atoms in total. The van der Waals surface area contributed by atoms with Gasteiger partial charge in [-0.1, -0.05) is 58.0 Å².